The summed E-state index contributed by atoms with van der Waals surface area (Å²) in [5, 5.41) is 0. The summed E-state index contributed by atoms with van der Waals surface area (Å²) >= 11 is 0. The van der Waals surface area contributed by atoms with Gasteiger partial charge in [-0.15, -0.1) is 0 Å². The molecule has 0 aliphatic rings. The fraction of sp³-hybridized carbons (Fsp3) is 0.774. The van der Waals surface area contributed by atoms with E-state index in [9.17, 15) is 14.4 Å². The van der Waals surface area contributed by atoms with Crippen LogP contribution in [0.5, 0.6) is 0 Å². The molecular weight excluding hydrogens is 597 g/mol. The Bertz CT molecular complexity index is 842. The lowest BCUT2D eigenvalue weighted by atomic mass is 10.2. The van der Waals surface area contributed by atoms with Crippen LogP contribution in [0, 0.1) is 0 Å². The topological polar surface area (TPSA) is 88.1 Å². The highest BCUT2D eigenvalue weighted by atomic mass is 28.4. The number of hydrogen-bond donors (Lipinski definition) is 0. The molecule has 0 spiro atoms. The van der Waals surface area contributed by atoms with Crippen LogP contribution in [0.25, 0.3) is 0 Å². The van der Waals surface area contributed by atoms with Crippen molar-refractivity contribution >= 4 is 50.9 Å². The van der Waals surface area contributed by atoms with Crippen LogP contribution in [0.4, 0.5) is 0 Å². The molecule has 0 amide bonds. The van der Waals surface area contributed by atoms with Gasteiger partial charge in [0.1, 0.15) is 0 Å². The van der Waals surface area contributed by atoms with Crippen LogP contribution in [-0.4, -0.2) is 64.1 Å². The second-order valence-corrected chi connectivity index (χ2v) is 33.1. The Morgan fingerprint density at radius 3 is 1.57 bits per heavy atom. The monoisotopic (exact) mass is 658 g/mol. The third-order valence-corrected chi connectivity index (χ3v) is 23.7. The standard InChI is InChI=1S/C31H62O7Si4/c1-13-27(3)30(33)35-21-15-17-23-40(8,9)26-42(12,25-19-20-29(32)37-39(5,6)7)38-41(10,11)24-18-16-22-36-31(34)28(4)14-2/h3-4,13-26H2,1-2,5-12H3. The number of carbonyl (C=O) groups excluding carboxylic acids is 3. The minimum Gasteiger partial charge on any atom is -0.520 e. The van der Waals surface area contributed by atoms with Crippen molar-refractivity contribution in [2.75, 3.05) is 13.2 Å². The van der Waals surface area contributed by atoms with Gasteiger partial charge < -0.3 is 18.0 Å². The van der Waals surface area contributed by atoms with Crippen LogP contribution >= 0.6 is 0 Å². The lowest BCUT2D eigenvalue weighted by Gasteiger charge is -2.41. The molecule has 0 rings (SSSR count). The average molecular weight is 659 g/mol. The van der Waals surface area contributed by atoms with Gasteiger partial charge in [0.25, 0.3) is 5.97 Å². The summed E-state index contributed by atoms with van der Waals surface area (Å²) in [5.41, 5.74) is 2.18. The Hall–Kier alpha value is -1.28. The van der Waals surface area contributed by atoms with Crippen molar-refractivity contribution in [1.82, 2.24) is 0 Å². The molecule has 0 aliphatic carbocycles. The Balaban J connectivity index is 5.18. The summed E-state index contributed by atoms with van der Waals surface area (Å²) in [7, 11) is -7.61. The van der Waals surface area contributed by atoms with Gasteiger partial charge in [-0.1, -0.05) is 59.0 Å². The van der Waals surface area contributed by atoms with Gasteiger partial charge in [0.05, 0.1) is 13.2 Å². The second-order valence-electron chi connectivity index (χ2n) is 14.2. The van der Waals surface area contributed by atoms with Crippen LogP contribution in [0.3, 0.4) is 0 Å². The molecular formula is C31H62O7Si4. The lowest BCUT2D eigenvalue weighted by molar-refractivity contribution is -0.140. The van der Waals surface area contributed by atoms with E-state index in [2.05, 4.69) is 45.9 Å². The maximum atomic E-state index is 12.5. The van der Waals surface area contributed by atoms with Crippen LogP contribution in [0.1, 0.15) is 65.2 Å². The lowest BCUT2D eigenvalue weighted by Crippen LogP contribution is -2.51. The van der Waals surface area contributed by atoms with E-state index in [1.807, 2.05) is 33.5 Å². The molecule has 0 saturated carbocycles. The van der Waals surface area contributed by atoms with Crippen LogP contribution in [0.15, 0.2) is 24.3 Å². The van der Waals surface area contributed by atoms with Crippen LogP contribution in [-0.2, 0) is 32.4 Å². The Kier molecular flexibility index (Phi) is 18.6. The first-order valence-electron chi connectivity index (χ1n) is 15.9. The molecule has 0 aromatic carbocycles. The fourth-order valence-electron chi connectivity index (χ4n) is 5.17. The van der Waals surface area contributed by atoms with Crippen LogP contribution in [0.2, 0.25) is 76.2 Å². The molecule has 0 saturated heterocycles. The predicted octanol–water partition coefficient (Wildman–Crippen LogP) is 8.77. The third-order valence-electron chi connectivity index (χ3n) is 7.20. The molecule has 0 bridgehead atoms. The zero-order valence-electron chi connectivity index (χ0n) is 28.7. The Morgan fingerprint density at radius 1 is 0.643 bits per heavy atom. The van der Waals surface area contributed by atoms with Crippen LogP contribution < -0.4 is 0 Å². The van der Waals surface area contributed by atoms with Gasteiger partial charge in [0, 0.05) is 25.6 Å². The molecule has 244 valence electrons. The molecule has 1 atom stereocenters. The fourth-order valence-corrected chi connectivity index (χ4v) is 25.8. The van der Waals surface area contributed by atoms with Crippen molar-refractivity contribution in [3.63, 3.8) is 0 Å². The smallest absolute Gasteiger partial charge is 0.333 e. The quantitative estimate of drug-likeness (QED) is 0.0469. The molecule has 0 radical (unpaired) electrons. The van der Waals surface area contributed by atoms with Gasteiger partial charge in [0.15, 0.2) is 16.6 Å². The first-order chi connectivity index (χ1) is 19.2. The average Bonchev–Trinajstić information content (AvgIpc) is 2.84. The summed E-state index contributed by atoms with van der Waals surface area (Å²) in [6, 6.07) is 3.11. The molecule has 0 aromatic rings. The number of rotatable bonds is 23. The Labute approximate surface area is 261 Å². The third kappa shape index (κ3) is 19.8. The second kappa shape index (κ2) is 19.2. The molecule has 0 aromatic heterocycles. The molecule has 0 aliphatic heterocycles. The highest BCUT2D eigenvalue weighted by Gasteiger charge is 2.41. The van der Waals surface area contributed by atoms with Crippen molar-refractivity contribution < 1.29 is 32.4 Å². The summed E-state index contributed by atoms with van der Waals surface area (Å²) in [4.78, 5) is 36.2. The van der Waals surface area contributed by atoms with Gasteiger partial charge in [0.2, 0.25) is 8.32 Å². The highest BCUT2D eigenvalue weighted by Crippen LogP contribution is 2.34. The number of esters is 2. The highest BCUT2D eigenvalue weighted by molar-refractivity contribution is 6.96. The largest absolute Gasteiger partial charge is 0.520 e. The van der Waals surface area contributed by atoms with E-state index in [0.29, 0.717) is 43.6 Å². The molecule has 42 heavy (non-hydrogen) atoms. The van der Waals surface area contributed by atoms with Crippen molar-refractivity contribution in [2.24, 2.45) is 0 Å². The molecule has 0 fully saturated rings. The number of hydrogen-bond acceptors (Lipinski definition) is 7. The zero-order valence-corrected chi connectivity index (χ0v) is 32.7. The SMILES string of the molecule is C=C(CC)C(=O)OCCCC[Si](C)(C)C[Si](C)(CCCC(=O)O[Si](C)(C)C)O[Si](C)(C)CCCCOC(=O)C(=C)CC. The summed E-state index contributed by atoms with van der Waals surface area (Å²) in [6.07, 6.45) is 6.13. The summed E-state index contributed by atoms with van der Waals surface area (Å²) in [6.45, 7) is 30.1. The van der Waals surface area contributed by atoms with Crippen molar-refractivity contribution in [3.8, 4) is 0 Å². The number of unbranched alkanes of at least 4 members (excludes halogenated alkanes) is 2. The normalized spacial score (nSPS) is 13.7. The summed E-state index contributed by atoms with van der Waals surface area (Å²) in [5.74, 6) is -0.666. The maximum Gasteiger partial charge on any atom is 0.333 e. The van der Waals surface area contributed by atoms with E-state index < -0.39 is 33.0 Å². The minimum atomic E-state index is -2.13. The number of carbonyl (C=O) groups is 3. The van der Waals surface area contributed by atoms with E-state index in [0.717, 1.165) is 55.9 Å². The molecule has 1 unspecified atom stereocenters. The molecule has 0 N–H and O–H groups in total. The van der Waals surface area contributed by atoms with Crippen molar-refractivity contribution in [3.05, 3.63) is 24.3 Å². The first-order valence-corrected chi connectivity index (χ1v) is 28.6. The van der Waals surface area contributed by atoms with E-state index >= 15 is 0 Å². The minimum absolute atomic E-state index is 0.0841. The first kappa shape index (κ1) is 40.7. The molecule has 11 heteroatoms. The van der Waals surface area contributed by atoms with Gasteiger partial charge in [-0.3, -0.25) is 4.79 Å². The van der Waals surface area contributed by atoms with E-state index in [4.69, 9.17) is 18.0 Å². The maximum absolute atomic E-state index is 12.5. The van der Waals surface area contributed by atoms with Crippen molar-refractivity contribution in [1.29, 1.82) is 0 Å². The molecule has 7 nitrogen and oxygen atoms in total. The van der Waals surface area contributed by atoms with E-state index in [1.165, 1.54) is 0 Å². The van der Waals surface area contributed by atoms with Gasteiger partial charge in [-0.2, -0.15) is 0 Å². The Morgan fingerprint density at radius 2 is 1.12 bits per heavy atom. The van der Waals surface area contributed by atoms with Gasteiger partial charge in [-0.05, 0) is 89.1 Å². The van der Waals surface area contributed by atoms with Crippen molar-refractivity contribution in [2.45, 2.75) is 141 Å². The van der Waals surface area contributed by atoms with E-state index in [-0.39, 0.29) is 17.9 Å². The van der Waals surface area contributed by atoms with Gasteiger partial charge >= 0.3 is 11.9 Å². The van der Waals surface area contributed by atoms with E-state index in [1.54, 1.807) is 0 Å². The molecule has 0 heterocycles. The predicted molar refractivity (Wildman–Crippen MR) is 185 cm³/mol. The number of ether oxygens (including phenoxy) is 2. The zero-order chi connectivity index (χ0) is 32.6. The van der Waals surface area contributed by atoms with Gasteiger partial charge in [-0.25, -0.2) is 9.59 Å². The summed E-state index contributed by atoms with van der Waals surface area (Å²) < 4.78 is 23.6.